The number of hydrogen-bond donors (Lipinski definition) is 1. The van der Waals surface area contributed by atoms with Gasteiger partial charge in [-0.3, -0.25) is 13.9 Å². The van der Waals surface area contributed by atoms with E-state index in [4.69, 9.17) is 0 Å². The second-order valence-corrected chi connectivity index (χ2v) is 8.88. The Kier molecular flexibility index (Phi) is 6.06. The Labute approximate surface area is 173 Å². The summed E-state index contributed by atoms with van der Waals surface area (Å²) in [7, 11) is -3.97. The predicted octanol–water partition coefficient (Wildman–Crippen LogP) is 2.88. The summed E-state index contributed by atoms with van der Waals surface area (Å²) in [6.07, 6.45) is 2.17. The van der Waals surface area contributed by atoms with Crippen LogP contribution in [0.2, 0.25) is 0 Å². The summed E-state index contributed by atoms with van der Waals surface area (Å²) >= 11 is 0. The lowest BCUT2D eigenvalue weighted by Crippen LogP contribution is -2.45. The van der Waals surface area contributed by atoms with Crippen molar-refractivity contribution in [2.24, 2.45) is 0 Å². The van der Waals surface area contributed by atoms with E-state index in [1.54, 1.807) is 29.2 Å². The van der Waals surface area contributed by atoms with Gasteiger partial charge in [0.05, 0.1) is 11.9 Å². The Morgan fingerprint density at radius 2 is 1.80 bits per heavy atom. The number of halogens is 2. The number of rotatable bonds is 6. The van der Waals surface area contributed by atoms with E-state index in [1.807, 2.05) is 0 Å². The molecule has 0 aromatic heterocycles. The molecule has 1 unspecified atom stereocenters. The molecule has 1 heterocycles. The molecule has 1 N–H and O–H groups in total. The third kappa shape index (κ3) is 4.59. The molecule has 7 nitrogen and oxygen atoms in total. The van der Waals surface area contributed by atoms with Crippen LogP contribution in [-0.4, -0.2) is 39.1 Å². The number of carbonyl (C=O) groups is 2. The molecule has 1 saturated heterocycles. The molecule has 1 fully saturated rings. The molecule has 0 spiro atoms. The average molecular weight is 437 g/mol. The highest BCUT2D eigenvalue weighted by Gasteiger charge is 2.30. The normalized spacial score (nSPS) is 15.2. The predicted molar refractivity (Wildman–Crippen MR) is 110 cm³/mol. The Balaban J connectivity index is 1.78. The molecule has 30 heavy (non-hydrogen) atoms. The number of sulfonamides is 1. The van der Waals surface area contributed by atoms with Crippen molar-refractivity contribution in [3.8, 4) is 0 Å². The number of benzene rings is 2. The van der Waals surface area contributed by atoms with Gasteiger partial charge in [-0.15, -0.1) is 0 Å². The number of anilines is 3. The molecule has 2 amide bonds. The zero-order valence-electron chi connectivity index (χ0n) is 16.4. The molecule has 2 aromatic carbocycles. The van der Waals surface area contributed by atoms with Crippen LogP contribution in [0.5, 0.6) is 0 Å². The lowest BCUT2D eigenvalue weighted by molar-refractivity contribution is -0.117. The number of nitrogens with one attached hydrogen (secondary N) is 1. The molecule has 1 aliphatic rings. The van der Waals surface area contributed by atoms with E-state index in [0.717, 1.165) is 35.2 Å². The van der Waals surface area contributed by atoms with Crippen LogP contribution >= 0.6 is 0 Å². The Bertz CT molecular complexity index is 1070. The maximum atomic E-state index is 13.6. The van der Waals surface area contributed by atoms with Gasteiger partial charge in [0.25, 0.3) is 0 Å². The highest BCUT2D eigenvalue weighted by molar-refractivity contribution is 7.92. The van der Waals surface area contributed by atoms with Crippen LogP contribution in [0.3, 0.4) is 0 Å². The summed E-state index contributed by atoms with van der Waals surface area (Å²) in [6, 6.07) is 7.96. The first-order valence-corrected chi connectivity index (χ1v) is 11.1. The van der Waals surface area contributed by atoms with Crippen LogP contribution in [0.1, 0.15) is 19.8 Å². The first-order chi connectivity index (χ1) is 14.1. The second kappa shape index (κ2) is 8.39. The van der Waals surface area contributed by atoms with Crippen molar-refractivity contribution in [3.05, 3.63) is 54.1 Å². The molecular formula is C20H21F2N3O4S. The van der Waals surface area contributed by atoms with Crippen molar-refractivity contribution < 1.29 is 26.8 Å². The standard InChI is InChI=1S/C20H21F2N3O4S/c1-13(25(30(2,28)29)16-9-10-17(21)18(22)12-16)20(27)23-14-5-7-15(8-6-14)24-11-3-4-19(24)26/h5-10,12-13H,3-4,11H2,1-2H3,(H,23,27). The van der Waals surface area contributed by atoms with E-state index in [2.05, 4.69) is 5.32 Å². The maximum absolute atomic E-state index is 13.6. The first-order valence-electron chi connectivity index (χ1n) is 9.23. The van der Waals surface area contributed by atoms with Gasteiger partial charge in [0.2, 0.25) is 21.8 Å². The Morgan fingerprint density at radius 1 is 1.13 bits per heavy atom. The molecule has 0 aliphatic carbocycles. The van der Waals surface area contributed by atoms with Crippen LogP contribution in [0, 0.1) is 11.6 Å². The lowest BCUT2D eigenvalue weighted by Gasteiger charge is -2.28. The third-order valence-corrected chi connectivity index (χ3v) is 6.01. The van der Waals surface area contributed by atoms with E-state index >= 15 is 0 Å². The van der Waals surface area contributed by atoms with E-state index in [9.17, 15) is 26.8 Å². The molecule has 1 aliphatic heterocycles. The summed E-state index contributed by atoms with van der Waals surface area (Å²) in [5, 5.41) is 2.60. The maximum Gasteiger partial charge on any atom is 0.247 e. The van der Waals surface area contributed by atoms with E-state index in [-0.39, 0.29) is 11.6 Å². The molecule has 2 aromatic rings. The summed E-state index contributed by atoms with van der Waals surface area (Å²) in [6.45, 7) is 1.98. The van der Waals surface area contributed by atoms with Crippen molar-refractivity contribution in [3.63, 3.8) is 0 Å². The smallest absolute Gasteiger partial charge is 0.247 e. The van der Waals surface area contributed by atoms with Crippen LogP contribution in [0.4, 0.5) is 25.8 Å². The molecular weight excluding hydrogens is 416 g/mol. The van der Waals surface area contributed by atoms with E-state index in [0.29, 0.717) is 24.3 Å². The Hall–Kier alpha value is -3.01. The number of amides is 2. The molecule has 3 rings (SSSR count). The SMILES string of the molecule is CC(C(=O)Nc1ccc(N2CCCC2=O)cc1)N(c1ccc(F)c(F)c1)S(C)(=O)=O. The van der Waals surface area contributed by atoms with Gasteiger partial charge in [0.1, 0.15) is 6.04 Å². The van der Waals surface area contributed by atoms with Gasteiger partial charge in [-0.05, 0) is 49.7 Å². The van der Waals surface area contributed by atoms with Gasteiger partial charge < -0.3 is 10.2 Å². The average Bonchev–Trinajstić information content (AvgIpc) is 3.10. The van der Waals surface area contributed by atoms with Gasteiger partial charge in [0, 0.05) is 30.4 Å². The van der Waals surface area contributed by atoms with E-state index < -0.39 is 33.6 Å². The summed E-state index contributed by atoms with van der Waals surface area (Å²) in [5.41, 5.74) is 0.950. The van der Waals surface area contributed by atoms with Crippen LogP contribution < -0.4 is 14.5 Å². The zero-order valence-corrected chi connectivity index (χ0v) is 17.2. The molecule has 10 heteroatoms. The minimum absolute atomic E-state index is 0.0377. The summed E-state index contributed by atoms with van der Waals surface area (Å²) in [5.74, 6) is -2.97. The highest BCUT2D eigenvalue weighted by atomic mass is 32.2. The summed E-state index contributed by atoms with van der Waals surface area (Å²) in [4.78, 5) is 26.1. The quantitative estimate of drug-likeness (QED) is 0.753. The highest BCUT2D eigenvalue weighted by Crippen LogP contribution is 2.25. The minimum atomic E-state index is -3.97. The van der Waals surface area contributed by atoms with Crippen LogP contribution in [0.15, 0.2) is 42.5 Å². The second-order valence-electron chi connectivity index (χ2n) is 7.02. The third-order valence-electron chi connectivity index (χ3n) is 4.77. The van der Waals surface area contributed by atoms with Gasteiger partial charge in [-0.25, -0.2) is 17.2 Å². The van der Waals surface area contributed by atoms with Crippen molar-refractivity contribution in [1.29, 1.82) is 0 Å². The minimum Gasteiger partial charge on any atom is -0.324 e. The van der Waals surface area contributed by atoms with Gasteiger partial charge >= 0.3 is 0 Å². The van der Waals surface area contributed by atoms with Crippen LogP contribution in [-0.2, 0) is 19.6 Å². The molecule has 1 atom stereocenters. The van der Waals surface area contributed by atoms with Crippen LogP contribution in [0.25, 0.3) is 0 Å². The monoisotopic (exact) mass is 437 g/mol. The van der Waals surface area contributed by atoms with Crippen molar-refractivity contribution in [2.75, 3.05) is 27.3 Å². The van der Waals surface area contributed by atoms with E-state index in [1.165, 1.54) is 6.92 Å². The number of carbonyl (C=O) groups excluding carboxylic acids is 2. The fourth-order valence-corrected chi connectivity index (χ4v) is 4.49. The van der Waals surface area contributed by atoms with Gasteiger partial charge in [-0.1, -0.05) is 0 Å². The molecule has 0 radical (unpaired) electrons. The number of nitrogens with zero attached hydrogens (tertiary/aromatic N) is 2. The van der Waals surface area contributed by atoms with Gasteiger partial charge in [-0.2, -0.15) is 0 Å². The Morgan fingerprint density at radius 3 is 2.33 bits per heavy atom. The fraction of sp³-hybridized carbons (Fsp3) is 0.300. The zero-order chi connectivity index (χ0) is 22.1. The van der Waals surface area contributed by atoms with Crippen molar-refractivity contribution in [2.45, 2.75) is 25.8 Å². The topological polar surface area (TPSA) is 86.8 Å². The summed E-state index contributed by atoms with van der Waals surface area (Å²) < 4.78 is 52.0. The van der Waals surface area contributed by atoms with Gasteiger partial charge in [0.15, 0.2) is 11.6 Å². The van der Waals surface area contributed by atoms with Crippen molar-refractivity contribution >= 4 is 38.9 Å². The molecule has 0 bridgehead atoms. The first kappa shape index (κ1) is 21.7. The van der Waals surface area contributed by atoms with Crippen molar-refractivity contribution in [1.82, 2.24) is 0 Å². The number of hydrogen-bond acceptors (Lipinski definition) is 4. The molecule has 0 saturated carbocycles. The fourth-order valence-electron chi connectivity index (χ4n) is 3.32. The molecule has 160 valence electrons. The largest absolute Gasteiger partial charge is 0.324 e. The lowest BCUT2D eigenvalue weighted by atomic mass is 10.2.